The molecule has 2 aromatic rings. The van der Waals surface area contributed by atoms with Crippen LogP contribution in [0.4, 0.5) is 0 Å². The highest BCUT2D eigenvalue weighted by Gasteiger charge is 2.34. The number of aromatic nitrogens is 2. The molecule has 1 aliphatic heterocycles. The van der Waals surface area contributed by atoms with Crippen molar-refractivity contribution in [1.82, 2.24) is 14.9 Å². The van der Waals surface area contributed by atoms with E-state index in [1.807, 2.05) is 31.2 Å². The molecule has 0 bridgehead atoms. The lowest BCUT2D eigenvalue weighted by Crippen LogP contribution is -2.41. The van der Waals surface area contributed by atoms with E-state index in [1.54, 1.807) is 11.9 Å². The van der Waals surface area contributed by atoms with Gasteiger partial charge in [-0.2, -0.15) is 0 Å². The fourth-order valence-corrected chi connectivity index (χ4v) is 5.62. The predicted octanol–water partition coefficient (Wildman–Crippen LogP) is 1.76. The van der Waals surface area contributed by atoms with E-state index in [9.17, 15) is 13.2 Å². The second kappa shape index (κ2) is 6.68. The van der Waals surface area contributed by atoms with Crippen molar-refractivity contribution >= 4 is 38.4 Å². The first-order chi connectivity index (χ1) is 11.4. The van der Waals surface area contributed by atoms with Crippen LogP contribution >= 0.6 is 11.8 Å². The van der Waals surface area contributed by atoms with Crippen LogP contribution in [0.1, 0.15) is 13.3 Å². The standard InChI is InChI=1S/C16H19N3O3S2/c1-11(16(20)19(2)12-7-8-24(21,22)9-12)23-15-13-5-3-4-6-14(13)17-10-18-15/h3-6,10-12H,7-9H2,1-2H3. The fourth-order valence-electron chi connectivity index (χ4n) is 2.84. The number of fused-ring (bicyclic) bond motifs is 1. The Labute approximate surface area is 145 Å². The van der Waals surface area contributed by atoms with Crippen molar-refractivity contribution in [2.45, 2.75) is 29.7 Å². The highest BCUT2D eigenvalue weighted by molar-refractivity contribution is 8.00. The summed E-state index contributed by atoms with van der Waals surface area (Å²) in [5.74, 6) is 0.140. The Hall–Kier alpha value is -1.67. The molecule has 0 spiro atoms. The van der Waals surface area contributed by atoms with Gasteiger partial charge in [0.2, 0.25) is 5.91 Å². The zero-order valence-electron chi connectivity index (χ0n) is 13.5. The lowest BCUT2D eigenvalue weighted by Gasteiger charge is -2.26. The van der Waals surface area contributed by atoms with E-state index in [0.717, 1.165) is 15.9 Å². The van der Waals surface area contributed by atoms with Crippen LogP contribution in [-0.4, -0.2) is 59.0 Å². The van der Waals surface area contributed by atoms with Gasteiger partial charge in [-0.25, -0.2) is 18.4 Å². The van der Waals surface area contributed by atoms with Crippen molar-refractivity contribution < 1.29 is 13.2 Å². The van der Waals surface area contributed by atoms with Crippen molar-refractivity contribution in [3.05, 3.63) is 30.6 Å². The Morgan fingerprint density at radius 1 is 1.33 bits per heavy atom. The molecule has 24 heavy (non-hydrogen) atoms. The fraction of sp³-hybridized carbons (Fsp3) is 0.438. The number of thioether (sulfide) groups is 1. The molecule has 2 unspecified atom stereocenters. The van der Waals surface area contributed by atoms with Gasteiger partial charge in [0, 0.05) is 18.5 Å². The Bertz CT molecular complexity index is 865. The summed E-state index contributed by atoms with van der Waals surface area (Å²) in [6, 6.07) is 7.43. The molecule has 0 saturated carbocycles. The van der Waals surface area contributed by atoms with E-state index in [1.165, 1.54) is 18.1 Å². The summed E-state index contributed by atoms with van der Waals surface area (Å²) < 4.78 is 23.2. The Morgan fingerprint density at radius 2 is 2.08 bits per heavy atom. The summed E-state index contributed by atoms with van der Waals surface area (Å²) in [6.45, 7) is 1.82. The Morgan fingerprint density at radius 3 is 2.79 bits per heavy atom. The molecule has 1 amide bonds. The lowest BCUT2D eigenvalue weighted by atomic mass is 10.2. The van der Waals surface area contributed by atoms with Crippen LogP contribution in [0.15, 0.2) is 35.6 Å². The molecule has 0 radical (unpaired) electrons. The molecule has 1 aromatic heterocycles. The summed E-state index contributed by atoms with van der Waals surface area (Å²) >= 11 is 1.38. The van der Waals surface area contributed by atoms with Crippen LogP contribution in [0.3, 0.4) is 0 Å². The van der Waals surface area contributed by atoms with Gasteiger partial charge >= 0.3 is 0 Å². The number of hydrogen-bond acceptors (Lipinski definition) is 6. The monoisotopic (exact) mass is 365 g/mol. The van der Waals surface area contributed by atoms with Crippen LogP contribution in [0, 0.1) is 0 Å². The highest BCUT2D eigenvalue weighted by Crippen LogP contribution is 2.29. The maximum Gasteiger partial charge on any atom is 0.235 e. The van der Waals surface area contributed by atoms with Crippen molar-refractivity contribution in [2.24, 2.45) is 0 Å². The summed E-state index contributed by atoms with van der Waals surface area (Å²) in [6.07, 6.45) is 2.01. The lowest BCUT2D eigenvalue weighted by molar-refractivity contribution is -0.130. The average Bonchev–Trinajstić information content (AvgIpc) is 2.93. The smallest absolute Gasteiger partial charge is 0.235 e. The number of rotatable bonds is 4. The number of sulfone groups is 1. The number of para-hydroxylation sites is 1. The van der Waals surface area contributed by atoms with Gasteiger partial charge in [0.1, 0.15) is 11.4 Å². The number of hydrogen-bond donors (Lipinski definition) is 0. The van der Waals surface area contributed by atoms with Gasteiger partial charge < -0.3 is 4.90 Å². The van der Waals surface area contributed by atoms with E-state index in [2.05, 4.69) is 9.97 Å². The quantitative estimate of drug-likeness (QED) is 0.607. The van der Waals surface area contributed by atoms with Crippen molar-refractivity contribution in [2.75, 3.05) is 18.6 Å². The summed E-state index contributed by atoms with van der Waals surface area (Å²) in [7, 11) is -1.33. The van der Waals surface area contributed by atoms with Crippen LogP contribution in [0.5, 0.6) is 0 Å². The van der Waals surface area contributed by atoms with Crippen LogP contribution < -0.4 is 0 Å². The van der Waals surface area contributed by atoms with E-state index in [0.29, 0.717) is 6.42 Å². The van der Waals surface area contributed by atoms with Gasteiger partial charge in [-0.15, -0.1) is 0 Å². The zero-order valence-corrected chi connectivity index (χ0v) is 15.2. The molecular formula is C16H19N3O3S2. The molecule has 2 atom stereocenters. The first-order valence-corrected chi connectivity index (χ1v) is 10.4. The molecule has 0 N–H and O–H groups in total. The van der Waals surface area contributed by atoms with Crippen molar-refractivity contribution in [3.63, 3.8) is 0 Å². The first-order valence-electron chi connectivity index (χ1n) is 7.71. The van der Waals surface area contributed by atoms with Gasteiger partial charge in [0.15, 0.2) is 9.84 Å². The molecule has 128 valence electrons. The Balaban J connectivity index is 1.74. The van der Waals surface area contributed by atoms with Crippen molar-refractivity contribution in [3.8, 4) is 0 Å². The van der Waals surface area contributed by atoms with E-state index in [-0.39, 0.29) is 28.7 Å². The molecule has 3 rings (SSSR count). The third-order valence-electron chi connectivity index (χ3n) is 4.25. The number of benzene rings is 1. The van der Waals surface area contributed by atoms with Crippen LogP contribution in [0.2, 0.25) is 0 Å². The predicted molar refractivity (Wildman–Crippen MR) is 94.7 cm³/mol. The molecule has 1 aromatic carbocycles. The van der Waals surface area contributed by atoms with Gasteiger partial charge in [0.25, 0.3) is 0 Å². The molecule has 8 heteroatoms. The number of carbonyl (C=O) groups excluding carboxylic acids is 1. The zero-order chi connectivity index (χ0) is 17.3. The van der Waals surface area contributed by atoms with Gasteiger partial charge in [-0.1, -0.05) is 30.0 Å². The van der Waals surface area contributed by atoms with E-state index < -0.39 is 9.84 Å². The number of amides is 1. The minimum atomic E-state index is -3.01. The molecule has 1 aliphatic rings. The molecule has 2 heterocycles. The molecule has 0 aliphatic carbocycles. The highest BCUT2D eigenvalue weighted by atomic mass is 32.2. The van der Waals surface area contributed by atoms with E-state index in [4.69, 9.17) is 0 Å². The Kier molecular flexibility index (Phi) is 4.78. The summed E-state index contributed by atoms with van der Waals surface area (Å²) in [5.41, 5.74) is 0.838. The maximum atomic E-state index is 12.6. The van der Waals surface area contributed by atoms with E-state index >= 15 is 0 Å². The SMILES string of the molecule is CC(Sc1ncnc2ccccc12)C(=O)N(C)C1CCS(=O)(=O)C1. The summed E-state index contributed by atoms with van der Waals surface area (Å²) in [4.78, 5) is 22.7. The van der Waals surface area contributed by atoms with Gasteiger partial charge in [-0.3, -0.25) is 4.79 Å². The normalized spacial score (nSPS) is 20.8. The maximum absolute atomic E-state index is 12.6. The minimum absolute atomic E-state index is 0.0586. The molecule has 6 nitrogen and oxygen atoms in total. The first kappa shape index (κ1) is 17.2. The van der Waals surface area contributed by atoms with Gasteiger partial charge in [-0.05, 0) is 19.4 Å². The largest absolute Gasteiger partial charge is 0.341 e. The van der Waals surface area contributed by atoms with Crippen LogP contribution in [-0.2, 0) is 14.6 Å². The molecule has 1 saturated heterocycles. The van der Waals surface area contributed by atoms with Gasteiger partial charge in [0.05, 0.1) is 22.3 Å². The topological polar surface area (TPSA) is 80.2 Å². The van der Waals surface area contributed by atoms with Crippen molar-refractivity contribution in [1.29, 1.82) is 0 Å². The molecule has 1 fully saturated rings. The third kappa shape index (κ3) is 3.54. The third-order valence-corrected chi connectivity index (χ3v) is 7.10. The number of nitrogens with zero attached hydrogens (tertiary/aromatic N) is 3. The van der Waals surface area contributed by atoms with Crippen LogP contribution in [0.25, 0.3) is 10.9 Å². The summed E-state index contributed by atoms with van der Waals surface area (Å²) in [5, 5.41) is 1.32. The second-order valence-corrected chi connectivity index (χ2v) is 9.52. The minimum Gasteiger partial charge on any atom is -0.341 e. The number of carbonyl (C=O) groups is 1. The average molecular weight is 365 g/mol. The second-order valence-electron chi connectivity index (χ2n) is 5.96. The molecular weight excluding hydrogens is 346 g/mol.